The van der Waals surface area contributed by atoms with Crippen LogP contribution in [0.15, 0.2) is 77.8 Å². The predicted octanol–water partition coefficient (Wildman–Crippen LogP) is 6.54. The lowest BCUT2D eigenvalue weighted by Crippen LogP contribution is -2.60. The van der Waals surface area contributed by atoms with Gasteiger partial charge in [-0.1, -0.05) is 41.4 Å². The van der Waals surface area contributed by atoms with Gasteiger partial charge in [0.25, 0.3) is 0 Å². The number of aryl methyl sites for hydroxylation is 1. The Morgan fingerprint density at radius 2 is 2.00 bits per heavy atom. The normalized spacial score (nSPS) is 19.1. The first kappa shape index (κ1) is 32.4. The number of fused-ring (bicyclic) bond motifs is 1. The number of aromatic nitrogens is 2. The van der Waals surface area contributed by atoms with Gasteiger partial charge in [0.1, 0.15) is 11.6 Å². The number of halogens is 1. The lowest BCUT2D eigenvalue weighted by Gasteiger charge is -2.44. The maximum absolute atomic E-state index is 14.2. The first-order valence-electron chi connectivity index (χ1n) is 15.6. The fraction of sp³-hybridized carbons (Fsp3) is 0.429. The molecule has 2 aliphatic rings. The van der Waals surface area contributed by atoms with E-state index in [-0.39, 0.29) is 18.5 Å². The summed E-state index contributed by atoms with van der Waals surface area (Å²) in [5, 5.41) is 3.87. The van der Waals surface area contributed by atoms with Crippen molar-refractivity contribution in [2.75, 3.05) is 32.0 Å². The van der Waals surface area contributed by atoms with Crippen LogP contribution in [0.1, 0.15) is 62.8 Å². The highest BCUT2D eigenvalue weighted by Crippen LogP contribution is 2.37. The topological polar surface area (TPSA) is 92.1 Å². The highest BCUT2D eigenvalue weighted by Gasteiger charge is 2.40. The molecule has 0 radical (unpaired) electrons. The van der Waals surface area contributed by atoms with E-state index in [4.69, 9.17) is 16.3 Å². The third kappa shape index (κ3) is 8.61. The Kier molecular flexibility index (Phi) is 10.4. The molecule has 0 unspecified atom stereocenters. The van der Waals surface area contributed by atoms with E-state index in [0.717, 1.165) is 36.8 Å². The van der Waals surface area contributed by atoms with Gasteiger partial charge in [-0.15, -0.1) is 0 Å². The summed E-state index contributed by atoms with van der Waals surface area (Å²) in [6.45, 7) is 7.36. The summed E-state index contributed by atoms with van der Waals surface area (Å²) in [4.78, 5) is 39.6. The van der Waals surface area contributed by atoms with Crippen LogP contribution >= 0.6 is 11.6 Å². The second-order valence-electron chi connectivity index (χ2n) is 12.7. The van der Waals surface area contributed by atoms with Crippen LogP contribution in [-0.4, -0.2) is 75.9 Å². The number of nitrogens with zero attached hydrogens (tertiary/aromatic N) is 5. The summed E-state index contributed by atoms with van der Waals surface area (Å²) in [7, 11) is 1.79. The monoisotopic (exact) mass is 630 g/mol. The number of anilines is 1. The van der Waals surface area contributed by atoms with Crippen LogP contribution in [0.3, 0.4) is 0 Å². The number of hydrogen-bond acceptors (Lipinski definition) is 6. The average molecular weight is 631 g/mol. The second-order valence-corrected chi connectivity index (χ2v) is 13.1. The largest absolute Gasteiger partial charge is 0.444 e. The molecule has 1 aliphatic heterocycles. The molecule has 0 bridgehead atoms. The second kappa shape index (κ2) is 14.4. The van der Waals surface area contributed by atoms with Crippen molar-refractivity contribution >= 4 is 35.5 Å². The van der Waals surface area contributed by atoms with E-state index >= 15 is 0 Å². The smallest absolute Gasteiger partial charge is 0.410 e. The van der Waals surface area contributed by atoms with Crippen LogP contribution in [0.2, 0.25) is 5.02 Å². The van der Waals surface area contributed by atoms with Crippen LogP contribution in [0.5, 0.6) is 0 Å². The number of benzene rings is 2. The summed E-state index contributed by atoms with van der Waals surface area (Å²) in [6.07, 6.45) is 12.8. The van der Waals surface area contributed by atoms with Crippen LogP contribution in [0.4, 0.5) is 10.5 Å². The van der Waals surface area contributed by atoms with E-state index in [2.05, 4.69) is 32.3 Å². The minimum atomic E-state index is -0.638. The number of hydrogen-bond donors (Lipinski definition) is 1. The number of rotatable bonds is 8. The number of aliphatic imine (C=N–C) groups is 1. The third-order valence-corrected chi connectivity index (χ3v) is 8.40. The van der Waals surface area contributed by atoms with Crippen molar-refractivity contribution in [1.29, 1.82) is 0 Å². The third-order valence-electron chi connectivity index (χ3n) is 8.16. The van der Waals surface area contributed by atoms with E-state index in [1.807, 2.05) is 74.1 Å². The molecular weight excluding hydrogens is 588 g/mol. The van der Waals surface area contributed by atoms with Gasteiger partial charge in [-0.25, -0.2) is 9.78 Å². The van der Waals surface area contributed by atoms with Crippen molar-refractivity contribution in [1.82, 2.24) is 19.4 Å². The zero-order chi connectivity index (χ0) is 32.0. The maximum atomic E-state index is 14.2. The van der Waals surface area contributed by atoms with Gasteiger partial charge in [0.2, 0.25) is 5.91 Å². The van der Waals surface area contributed by atoms with Crippen LogP contribution < -0.4 is 5.32 Å². The quantitative estimate of drug-likeness (QED) is 0.225. The maximum Gasteiger partial charge on any atom is 0.410 e. The minimum absolute atomic E-state index is 0.155. The van der Waals surface area contributed by atoms with E-state index in [0.29, 0.717) is 30.3 Å². The Balaban J connectivity index is 1.47. The van der Waals surface area contributed by atoms with Crippen LogP contribution in [0.25, 0.3) is 0 Å². The molecule has 10 heteroatoms. The highest BCUT2D eigenvalue weighted by atomic mass is 35.5. The van der Waals surface area contributed by atoms with Crippen LogP contribution in [0, 0.1) is 0 Å². The number of piperazine rings is 1. The SMILES string of the molecule is CN=CCCC1=C[C@H](N2CCN(C(=O)OC(C)(C)C)C[C@@H]2C(=O)Nc2cccc(Cn3ccnc3)c2)c2ccc(Cl)cc2CC1. The Hall–Kier alpha value is -3.95. The molecule has 1 aromatic heterocycles. The summed E-state index contributed by atoms with van der Waals surface area (Å²) in [5.41, 5.74) is 4.76. The first-order valence-corrected chi connectivity index (χ1v) is 15.9. The zero-order valence-corrected chi connectivity index (χ0v) is 27.3. The van der Waals surface area contributed by atoms with Gasteiger partial charge in [0.15, 0.2) is 0 Å². The molecule has 9 nitrogen and oxygen atoms in total. The summed E-state index contributed by atoms with van der Waals surface area (Å²) < 4.78 is 7.70. The number of ether oxygens (including phenoxy) is 1. The molecule has 2 heterocycles. The minimum Gasteiger partial charge on any atom is -0.444 e. The van der Waals surface area contributed by atoms with Crippen molar-refractivity contribution < 1.29 is 14.3 Å². The van der Waals surface area contributed by atoms with Crippen molar-refractivity contribution in [2.45, 2.75) is 70.7 Å². The van der Waals surface area contributed by atoms with Gasteiger partial charge in [-0.05, 0) is 93.6 Å². The molecule has 1 fully saturated rings. The number of imidazole rings is 1. The number of amides is 2. The van der Waals surface area contributed by atoms with E-state index < -0.39 is 17.7 Å². The number of carbonyl (C=O) groups is 2. The van der Waals surface area contributed by atoms with Gasteiger partial charge < -0.3 is 24.5 Å². The van der Waals surface area contributed by atoms with Gasteiger partial charge in [-0.3, -0.25) is 9.69 Å². The molecule has 0 spiro atoms. The van der Waals surface area contributed by atoms with Crippen LogP contribution in [-0.2, 0) is 22.5 Å². The molecule has 2 amide bonds. The molecule has 0 saturated carbocycles. The summed E-state index contributed by atoms with van der Waals surface area (Å²) >= 11 is 6.46. The molecule has 45 heavy (non-hydrogen) atoms. The van der Waals surface area contributed by atoms with Crippen molar-refractivity contribution in [3.05, 3.63) is 94.5 Å². The number of carbonyl (C=O) groups excluding carboxylic acids is 2. The summed E-state index contributed by atoms with van der Waals surface area (Å²) in [6, 6.07) is 13.1. The average Bonchev–Trinajstić information content (AvgIpc) is 3.44. The van der Waals surface area contributed by atoms with Crippen molar-refractivity contribution in [3.63, 3.8) is 0 Å². The lowest BCUT2D eigenvalue weighted by atomic mass is 9.96. The predicted molar refractivity (Wildman–Crippen MR) is 179 cm³/mol. The molecule has 1 N–H and O–H groups in total. The first-order chi connectivity index (χ1) is 21.6. The number of nitrogens with one attached hydrogen (secondary N) is 1. The molecule has 1 saturated heterocycles. The van der Waals surface area contributed by atoms with Gasteiger partial charge in [0, 0.05) is 56.3 Å². The van der Waals surface area contributed by atoms with Crippen molar-refractivity contribution in [2.24, 2.45) is 4.99 Å². The van der Waals surface area contributed by atoms with Gasteiger partial charge in [0.05, 0.1) is 12.4 Å². The van der Waals surface area contributed by atoms with Gasteiger partial charge >= 0.3 is 6.09 Å². The molecular formula is C35H43ClN6O3. The zero-order valence-electron chi connectivity index (χ0n) is 26.6. The molecule has 238 valence electrons. The standard InChI is InChI=1S/C35H43ClN6O3/c1-35(2,3)45-34(44)41-17-18-42(31-20-25(8-6-14-37-4)10-11-27-21-28(36)12-13-30(27)31)32(23-41)33(43)39-29-9-5-7-26(19-29)22-40-16-15-38-24-40/h5,7,9,12-16,19-21,24,31-32H,6,8,10-11,17-18,22-23H2,1-4H3,(H,39,43)/t31-,32+/m0/s1. The Morgan fingerprint density at radius 3 is 2.76 bits per heavy atom. The Labute approximate surface area is 270 Å². The lowest BCUT2D eigenvalue weighted by molar-refractivity contribution is -0.124. The molecule has 5 rings (SSSR count). The molecule has 1 aliphatic carbocycles. The highest BCUT2D eigenvalue weighted by molar-refractivity contribution is 6.30. The Bertz CT molecular complexity index is 1540. The fourth-order valence-corrected chi connectivity index (χ4v) is 6.25. The molecule has 2 atom stereocenters. The number of allylic oxidation sites excluding steroid dienone is 1. The fourth-order valence-electron chi connectivity index (χ4n) is 6.05. The van der Waals surface area contributed by atoms with E-state index in [9.17, 15) is 9.59 Å². The summed E-state index contributed by atoms with van der Waals surface area (Å²) in [5.74, 6) is -0.170. The van der Waals surface area contributed by atoms with E-state index in [1.54, 1.807) is 24.5 Å². The molecule has 3 aromatic rings. The van der Waals surface area contributed by atoms with Crippen molar-refractivity contribution in [3.8, 4) is 0 Å². The Morgan fingerprint density at radius 1 is 1.16 bits per heavy atom. The van der Waals surface area contributed by atoms with Gasteiger partial charge in [-0.2, -0.15) is 0 Å². The molecule has 2 aromatic carbocycles. The van der Waals surface area contributed by atoms with E-state index in [1.165, 1.54) is 11.1 Å².